The Bertz CT molecular complexity index is 1190. The second-order valence-corrected chi connectivity index (χ2v) is 12.3. The van der Waals surface area contributed by atoms with Crippen LogP contribution in [0.3, 0.4) is 0 Å². The van der Waals surface area contributed by atoms with E-state index in [1.54, 1.807) is 12.3 Å². The van der Waals surface area contributed by atoms with Gasteiger partial charge in [-0.05, 0) is 79.9 Å². The highest BCUT2D eigenvalue weighted by Crippen LogP contribution is 2.67. The van der Waals surface area contributed by atoms with Crippen molar-refractivity contribution in [2.24, 2.45) is 28.6 Å². The van der Waals surface area contributed by atoms with Crippen molar-refractivity contribution in [3.05, 3.63) is 30.0 Å². The minimum Gasteiger partial charge on any atom is -0.393 e. The largest absolute Gasteiger partial charge is 0.393 e. The molecule has 6 rings (SSSR count). The number of ketones is 1. The number of hydrogen-bond donors (Lipinski definition) is 3. The Balaban J connectivity index is 1.30. The normalized spacial score (nSPS) is 41.4. The number of carbonyl (C=O) groups is 2. The number of aromatic nitrogens is 2. The summed E-state index contributed by atoms with van der Waals surface area (Å²) in [7, 11) is 0. The maximum absolute atomic E-state index is 13.5. The van der Waals surface area contributed by atoms with Gasteiger partial charge in [-0.15, -0.1) is 0 Å². The highest BCUT2D eigenvalue weighted by atomic mass is 32.1. The van der Waals surface area contributed by atoms with Gasteiger partial charge in [-0.2, -0.15) is 0 Å². The number of amides is 1. The van der Waals surface area contributed by atoms with Crippen LogP contribution in [-0.2, 0) is 9.59 Å². The lowest BCUT2D eigenvalue weighted by molar-refractivity contribution is -0.178. The summed E-state index contributed by atoms with van der Waals surface area (Å²) in [6.45, 7) is 4.20. The average Bonchev–Trinajstić information content (AvgIpc) is 3.32. The van der Waals surface area contributed by atoms with Gasteiger partial charge in [0.2, 0.25) is 0 Å². The number of pyridine rings is 1. The van der Waals surface area contributed by atoms with Gasteiger partial charge in [-0.3, -0.25) is 14.9 Å². The number of aliphatic hydroxyl groups excluding tert-OH is 1. The zero-order valence-electron chi connectivity index (χ0n) is 19.6. The molecule has 0 aliphatic heterocycles. The van der Waals surface area contributed by atoms with Gasteiger partial charge in [-0.1, -0.05) is 30.8 Å². The first-order valence-corrected chi connectivity index (χ1v) is 13.1. The lowest BCUT2D eigenvalue weighted by Gasteiger charge is -2.60. The number of thiazole rings is 1. The van der Waals surface area contributed by atoms with Crippen molar-refractivity contribution >= 4 is 38.5 Å². The van der Waals surface area contributed by atoms with Crippen molar-refractivity contribution in [3.8, 4) is 0 Å². The number of nitrogens with zero attached hydrogens (tertiary/aromatic N) is 2. The summed E-state index contributed by atoms with van der Waals surface area (Å²) in [6, 6.07) is 3.65. The van der Waals surface area contributed by atoms with Crippen molar-refractivity contribution in [3.63, 3.8) is 0 Å². The fourth-order valence-corrected chi connectivity index (χ4v) is 8.89. The molecule has 2 heterocycles. The summed E-state index contributed by atoms with van der Waals surface area (Å²) in [4.78, 5) is 35.1. The number of allylic oxidation sites excluding steroid dienone is 1. The van der Waals surface area contributed by atoms with Crippen LogP contribution in [0.15, 0.2) is 30.0 Å². The van der Waals surface area contributed by atoms with E-state index in [1.165, 1.54) is 16.9 Å². The summed E-state index contributed by atoms with van der Waals surface area (Å²) in [5, 5.41) is 26.7. The van der Waals surface area contributed by atoms with Gasteiger partial charge in [0.15, 0.2) is 10.9 Å². The molecule has 3 saturated carbocycles. The van der Waals surface area contributed by atoms with Crippen LogP contribution in [0.5, 0.6) is 0 Å². The van der Waals surface area contributed by atoms with Crippen LogP contribution in [0.2, 0.25) is 0 Å². The Kier molecular flexibility index (Phi) is 4.87. The Morgan fingerprint density at radius 3 is 2.85 bits per heavy atom. The van der Waals surface area contributed by atoms with E-state index in [-0.39, 0.29) is 29.0 Å². The average molecular weight is 482 g/mol. The van der Waals surface area contributed by atoms with Crippen LogP contribution in [-0.4, -0.2) is 43.6 Å². The zero-order valence-corrected chi connectivity index (χ0v) is 20.4. The molecule has 0 saturated heterocycles. The molecular weight excluding hydrogens is 450 g/mol. The smallest absolute Gasteiger partial charge is 0.258 e. The van der Waals surface area contributed by atoms with Crippen LogP contribution in [0.1, 0.15) is 58.8 Å². The third kappa shape index (κ3) is 2.94. The number of anilines is 1. The summed E-state index contributed by atoms with van der Waals surface area (Å²) < 4.78 is 0. The van der Waals surface area contributed by atoms with Gasteiger partial charge >= 0.3 is 0 Å². The monoisotopic (exact) mass is 481 g/mol. The van der Waals surface area contributed by atoms with Gasteiger partial charge in [0, 0.05) is 18.0 Å². The van der Waals surface area contributed by atoms with Crippen LogP contribution in [0.4, 0.5) is 5.13 Å². The number of aliphatic hydroxyl groups is 2. The fourth-order valence-electron chi connectivity index (χ4n) is 8.09. The molecule has 3 fully saturated rings. The zero-order chi connectivity index (χ0) is 23.9. The predicted molar refractivity (Wildman–Crippen MR) is 129 cm³/mol. The van der Waals surface area contributed by atoms with Crippen LogP contribution in [0, 0.1) is 28.6 Å². The number of carbonyl (C=O) groups excluding carboxylic acids is 2. The maximum Gasteiger partial charge on any atom is 0.258 e. The second kappa shape index (κ2) is 7.42. The second-order valence-electron chi connectivity index (χ2n) is 11.3. The molecule has 2 aromatic heterocycles. The summed E-state index contributed by atoms with van der Waals surface area (Å²) in [5.74, 6) is 0.174. The van der Waals surface area contributed by atoms with E-state index < -0.39 is 23.0 Å². The first kappa shape index (κ1) is 22.3. The number of fused-ring (bicyclic) bond motifs is 6. The molecule has 2 aromatic rings. The summed E-state index contributed by atoms with van der Waals surface area (Å²) in [5.41, 5.74) is -0.591. The quantitative estimate of drug-likeness (QED) is 0.600. The van der Waals surface area contributed by atoms with E-state index in [0.717, 1.165) is 30.5 Å². The molecule has 3 N–H and O–H groups in total. The Labute approximate surface area is 202 Å². The molecule has 180 valence electrons. The molecular formula is C26H31N3O4S. The molecule has 4 aliphatic carbocycles. The predicted octanol–water partition coefficient (Wildman–Crippen LogP) is 3.86. The minimum absolute atomic E-state index is 0.0550. The molecule has 4 aliphatic rings. The van der Waals surface area contributed by atoms with E-state index in [9.17, 15) is 19.8 Å². The molecule has 0 aromatic carbocycles. The van der Waals surface area contributed by atoms with Crippen molar-refractivity contribution in [2.75, 3.05) is 5.32 Å². The van der Waals surface area contributed by atoms with Gasteiger partial charge in [0.1, 0.15) is 15.9 Å². The molecule has 0 bridgehead atoms. The van der Waals surface area contributed by atoms with Crippen LogP contribution in [0.25, 0.3) is 10.3 Å². The molecule has 34 heavy (non-hydrogen) atoms. The lowest BCUT2D eigenvalue weighted by Crippen LogP contribution is -2.62. The van der Waals surface area contributed by atoms with Crippen molar-refractivity contribution < 1.29 is 19.8 Å². The Morgan fingerprint density at radius 2 is 2.06 bits per heavy atom. The molecule has 8 heteroatoms. The number of rotatable bonds is 2. The maximum atomic E-state index is 13.5. The third-order valence-corrected chi connectivity index (χ3v) is 10.7. The highest BCUT2D eigenvalue weighted by Gasteiger charge is 2.68. The van der Waals surface area contributed by atoms with Crippen molar-refractivity contribution in [2.45, 2.75) is 70.5 Å². The Morgan fingerprint density at radius 1 is 1.24 bits per heavy atom. The molecule has 7 nitrogen and oxygen atoms in total. The van der Waals surface area contributed by atoms with E-state index in [1.807, 2.05) is 19.1 Å². The first-order chi connectivity index (χ1) is 16.2. The van der Waals surface area contributed by atoms with Crippen molar-refractivity contribution in [1.82, 2.24) is 9.97 Å². The summed E-state index contributed by atoms with van der Waals surface area (Å²) >= 11 is 1.29. The van der Waals surface area contributed by atoms with Gasteiger partial charge < -0.3 is 10.2 Å². The molecule has 5 unspecified atom stereocenters. The first-order valence-electron chi connectivity index (χ1n) is 12.3. The molecule has 1 amide bonds. The molecule has 0 spiro atoms. The number of nitrogens with one attached hydrogen (secondary N) is 1. The molecule has 0 radical (unpaired) electrons. The standard InChI is InChI=1S/C26H31N3O4S/c1-24-9-7-15(30)12-14(24)5-6-16-17-8-10-26(33,25(17,2)13-19(31)20(16)24)22(32)29-23-28-18-4-3-11-27-21(18)34-23/h3-4,11-12,16-17,19-20,31,33H,5-10,13H2,1-2H3,(H,28,29,32)/t16?,17?,19-,20?,24?,25?,26-/m0/s1. The molecule has 7 atom stereocenters. The SMILES string of the molecule is CC12CCC(=O)C=C1CCC1C2[C@@H](O)CC2(C)C1CC[C@]2(O)C(=O)Nc1nc2cccnc2s1. The van der Waals surface area contributed by atoms with E-state index in [2.05, 4.69) is 22.2 Å². The lowest BCUT2D eigenvalue weighted by atomic mass is 9.45. The topological polar surface area (TPSA) is 112 Å². The van der Waals surface area contributed by atoms with E-state index in [4.69, 9.17) is 0 Å². The highest BCUT2D eigenvalue weighted by molar-refractivity contribution is 7.21. The van der Waals surface area contributed by atoms with Crippen LogP contribution < -0.4 is 5.32 Å². The third-order valence-electron chi connectivity index (χ3n) is 9.81. The van der Waals surface area contributed by atoms with E-state index in [0.29, 0.717) is 29.9 Å². The minimum atomic E-state index is -1.57. The van der Waals surface area contributed by atoms with Crippen molar-refractivity contribution in [1.29, 1.82) is 0 Å². The fraction of sp³-hybridized carbons (Fsp3) is 0.615. The van der Waals surface area contributed by atoms with Gasteiger partial charge in [0.05, 0.1) is 6.10 Å². The van der Waals surface area contributed by atoms with Gasteiger partial charge in [-0.25, -0.2) is 9.97 Å². The Hall–Kier alpha value is -2.16. The van der Waals surface area contributed by atoms with Gasteiger partial charge in [0.25, 0.3) is 5.91 Å². The van der Waals surface area contributed by atoms with E-state index >= 15 is 0 Å². The van der Waals surface area contributed by atoms with Crippen LogP contribution >= 0.6 is 11.3 Å². The summed E-state index contributed by atoms with van der Waals surface area (Å²) in [6.07, 6.45) is 7.43. The number of hydrogen-bond acceptors (Lipinski definition) is 7.